The minimum absolute atomic E-state index is 0.113. The van der Waals surface area contributed by atoms with E-state index in [1.165, 1.54) is 0 Å². The highest BCUT2D eigenvalue weighted by Crippen LogP contribution is 2.14. The first-order valence-corrected chi connectivity index (χ1v) is 9.67. The van der Waals surface area contributed by atoms with Gasteiger partial charge in [0, 0.05) is 13.1 Å². The number of amides is 2. The Morgan fingerprint density at radius 2 is 1.75 bits per heavy atom. The van der Waals surface area contributed by atoms with Gasteiger partial charge in [0.2, 0.25) is 5.91 Å². The zero-order chi connectivity index (χ0) is 20.5. The van der Waals surface area contributed by atoms with Gasteiger partial charge < -0.3 is 15.0 Å². The summed E-state index contributed by atoms with van der Waals surface area (Å²) >= 11 is 0. The standard InChI is InChI=1S/C23H30N2O3/c1-17(2)14-24-23(27)19(4)25(15-20-10-6-5-7-11-20)22(26)16-28-21-12-8-9-18(3)13-21/h5-13,17,19H,14-16H2,1-4H3,(H,24,27)/t19-/m1/s1. The molecule has 0 bridgehead atoms. The van der Waals surface area contributed by atoms with Crippen molar-refractivity contribution < 1.29 is 14.3 Å². The fourth-order valence-electron chi connectivity index (χ4n) is 2.75. The molecule has 150 valence electrons. The molecule has 2 aromatic carbocycles. The largest absolute Gasteiger partial charge is 0.484 e. The van der Waals surface area contributed by atoms with E-state index in [4.69, 9.17) is 4.74 Å². The summed E-state index contributed by atoms with van der Waals surface area (Å²) in [6, 6.07) is 16.6. The van der Waals surface area contributed by atoms with E-state index in [1.54, 1.807) is 11.8 Å². The summed E-state index contributed by atoms with van der Waals surface area (Å²) in [6.07, 6.45) is 0. The van der Waals surface area contributed by atoms with Crippen LogP contribution < -0.4 is 10.1 Å². The molecule has 5 heteroatoms. The molecule has 1 atom stereocenters. The normalized spacial score (nSPS) is 11.8. The summed E-state index contributed by atoms with van der Waals surface area (Å²) in [6.45, 7) is 8.61. The molecule has 0 fully saturated rings. The average Bonchev–Trinajstić information content (AvgIpc) is 2.68. The van der Waals surface area contributed by atoms with Crippen LogP contribution in [0.1, 0.15) is 31.9 Å². The van der Waals surface area contributed by atoms with Crippen molar-refractivity contribution in [2.45, 2.75) is 40.3 Å². The minimum atomic E-state index is -0.590. The topological polar surface area (TPSA) is 58.6 Å². The van der Waals surface area contributed by atoms with Crippen LogP contribution in [-0.2, 0) is 16.1 Å². The Hall–Kier alpha value is -2.82. The van der Waals surface area contributed by atoms with Gasteiger partial charge in [-0.2, -0.15) is 0 Å². The van der Waals surface area contributed by atoms with Crippen molar-refractivity contribution in [1.29, 1.82) is 0 Å². The molecule has 5 nitrogen and oxygen atoms in total. The third kappa shape index (κ3) is 6.72. The van der Waals surface area contributed by atoms with Crippen LogP contribution in [0.25, 0.3) is 0 Å². The van der Waals surface area contributed by atoms with Crippen molar-refractivity contribution >= 4 is 11.8 Å². The lowest BCUT2D eigenvalue weighted by molar-refractivity contribution is -0.142. The minimum Gasteiger partial charge on any atom is -0.484 e. The molecule has 0 heterocycles. The van der Waals surface area contributed by atoms with Gasteiger partial charge in [0.15, 0.2) is 6.61 Å². The first-order chi connectivity index (χ1) is 13.4. The Labute approximate surface area is 167 Å². The highest BCUT2D eigenvalue weighted by molar-refractivity contribution is 5.87. The Morgan fingerprint density at radius 1 is 1.04 bits per heavy atom. The van der Waals surface area contributed by atoms with Crippen LogP contribution >= 0.6 is 0 Å². The van der Waals surface area contributed by atoms with Gasteiger partial charge in [-0.15, -0.1) is 0 Å². The Bertz CT molecular complexity index is 774. The van der Waals surface area contributed by atoms with Crippen molar-refractivity contribution in [2.24, 2.45) is 5.92 Å². The Balaban J connectivity index is 2.09. The quantitative estimate of drug-likeness (QED) is 0.721. The van der Waals surface area contributed by atoms with E-state index in [9.17, 15) is 9.59 Å². The first kappa shape index (κ1) is 21.5. The second-order valence-corrected chi connectivity index (χ2v) is 7.43. The molecule has 0 saturated carbocycles. The molecule has 1 N–H and O–H groups in total. The van der Waals surface area contributed by atoms with Crippen molar-refractivity contribution in [3.63, 3.8) is 0 Å². The summed E-state index contributed by atoms with van der Waals surface area (Å²) in [5, 5.41) is 2.91. The van der Waals surface area contributed by atoms with Gasteiger partial charge in [-0.25, -0.2) is 0 Å². The van der Waals surface area contributed by atoms with Gasteiger partial charge in [0.25, 0.3) is 5.91 Å². The van der Waals surface area contributed by atoms with Crippen molar-refractivity contribution in [3.05, 3.63) is 65.7 Å². The molecular weight excluding hydrogens is 352 g/mol. The molecule has 0 radical (unpaired) electrons. The molecule has 0 unspecified atom stereocenters. The maximum Gasteiger partial charge on any atom is 0.261 e. The van der Waals surface area contributed by atoms with E-state index in [1.807, 2.05) is 75.4 Å². The van der Waals surface area contributed by atoms with Crippen molar-refractivity contribution in [1.82, 2.24) is 10.2 Å². The predicted octanol–water partition coefficient (Wildman–Crippen LogP) is 3.56. The number of benzene rings is 2. The Kier molecular flexibility index (Phi) is 8.05. The summed E-state index contributed by atoms with van der Waals surface area (Å²) in [4.78, 5) is 27.0. The molecular formula is C23H30N2O3. The van der Waals surface area contributed by atoms with E-state index in [0.717, 1.165) is 11.1 Å². The predicted molar refractivity (Wildman–Crippen MR) is 111 cm³/mol. The number of aryl methyl sites for hydroxylation is 1. The fourth-order valence-corrected chi connectivity index (χ4v) is 2.75. The number of rotatable bonds is 9. The van der Waals surface area contributed by atoms with Gasteiger partial charge >= 0.3 is 0 Å². The van der Waals surface area contributed by atoms with Gasteiger partial charge in [-0.3, -0.25) is 9.59 Å². The molecule has 28 heavy (non-hydrogen) atoms. The maximum absolute atomic E-state index is 12.9. The summed E-state index contributed by atoms with van der Waals surface area (Å²) in [5.41, 5.74) is 2.03. The summed E-state index contributed by atoms with van der Waals surface area (Å²) in [5.74, 6) is 0.607. The average molecular weight is 383 g/mol. The number of hydrogen-bond donors (Lipinski definition) is 1. The van der Waals surface area contributed by atoms with Crippen molar-refractivity contribution in [3.8, 4) is 5.75 Å². The lowest BCUT2D eigenvalue weighted by atomic mass is 10.1. The number of hydrogen-bond acceptors (Lipinski definition) is 3. The van der Waals surface area contributed by atoms with Crippen LogP contribution in [-0.4, -0.2) is 35.9 Å². The number of carbonyl (C=O) groups is 2. The zero-order valence-electron chi connectivity index (χ0n) is 17.1. The third-order valence-electron chi connectivity index (χ3n) is 4.40. The van der Waals surface area contributed by atoms with E-state index in [2.05, 4.69) is 5.32 Å². The number of nitrogens with zero attached hydrogens (tertiary/aromatic N) is 1. The molecule has 2 aromatic rings. The van der Waals surface area contributed by atoms with Crippen LogP contribution in [0, 0.1) is 12.8 Å². The van der Waals surface area contributed by atoms with Gasteiger partial charge in [0.05, 0.1) is 0 Å². The molecule has 2 amide bonds. The van der Waals surface area contributed by atoms with Gasteiger partial charge in [0.1, 0.15) is 11.8 Å². The van der Waals surface area contributed by atoms with E-state index in [-0.39, 0.29) is 18.4 Å². The monoisotopic (exact) mass is 382 g/mol. The summed E-state index contributed by atoms with van der Waals surface area (Å²) in [7, 11) is 0. The molecule has 0 aliphatic carbocycles. The molecule has 0 aliphatic rings. The molecule has 0 saturated heterocycles. The number of nitrogens with one attached hydrogen (secondary N) is 1. The maximum atomic E-state index is 12.9. The highest BCUT2D eigenvalue weighted by Gasteiger charge is 2.26. The van der Waals surface area contributed by atoms with Crippen LogP contribution in [0.4, 0.5) is 0 Å². The second kappa shape index (κ2) is 10.5. The lowest BCUT2D eigenvalue weighted by Crippen LogP contribution is -2.49. The van der Waals surface area contributed by atoms with Gasteiger partial charge in [-0.05, 0) is 43.0 Å². The molecule has 0 aliphatic heterocycles. The first-order valence-electron chi connectivity index (χ1n) is 9.67. The molecule has 0 aromatic heterocycles. The van der Waals surface area contributed by atoms with Gasteiger partial charge in [-0.1, -0.05) is 56.3 Å². The fraction of sp³-hybridized carbons (Fsp3) is 0.391. The van der Waals surface area contributed by atoms with E-state index < -0.39 is 6.04 Å². The smallest absolute Gasteiger partial charge is 0.261 e. The Morgan fingerprint density at radius 3 is 2.39 bits per heavy atom. The third-order valence-corrected chi connectivity index (χ3v) is 4.40. The highest BCUT2D eigenvalue weighted by atomic mass is 16.5. The van der Waals surface area contributed by atoms with Crippen LogP contribution in [0.5, 0.6) is 5.75 Å². The lowest BCUT2D eigenvalue weighted by Gasteiger charge is -2.29. The van der Waals surface area contributed by atoms with Crippen LogP contribution in [0.15, 0.2) is 54.6 Å². The molecule has 2 rings (SSSR count). The number of ether oxygens (including phenoxy) is 1. The zero-order valence-corrected chi connectivity index (χ0v) is 17.1. The second-order valence-electron chi connectivity index (χ2n) is 7.43. The van der Waals surface area contributed by atoms with Crippen LogP contribution in [0.2, 0.25) is 0 Å². The molecule has 0 spiro atoms. The van der Waals surface area contributed by atoms with E-state index in [0.29, 0.717) is 24.8 Å². The van der Waals surface area contributed by atoms with E-state index >= 15 is 0 Å². The van der Waals surface area contributed by atoms with Crippen molar-refractivity contribution in [2.75, 3.05) is 13.2 Å². The SMILES string of the molecule is Cc1cccc(OCC(=O)N(Cc2ccccc2)[C@H](C)C(=O)NCC(C)C)c1. The number of carbonyl (C=O) groups excluding carboxylic acids is 2. The van der Waals surface area contributed by atoms with Crippen LogP contribution in [0.3, 0.4) is 0 Å². The summed E-state index contributed by atoms with van der Waals surface area (Å²) < 4.78 is 5.67.